The molecule has 1 N–H and O–H groups in total. The van der Waals surface area contributed by atoms with Crippen molar-refractivity contribution in [1.29, 1.82) is 0 Å². The molecule has 0 spiro atoms. The van der Waals surface area contributed by atoms with Gasteiger partial charge >= 0.3 is 6.03 Å². The molecule has 0 fully saturated rings. The summed E-state index contributed by atoms with van der Waals surface area (Å²) in [6.45, 7) is 4.28. The molecule has 4 aromatic rings. The maximum absolute atomic E-state index is 13.2. The van der Waals surface area contributed by atoms with Crippen molar-refractivity contribution in [2.45, 2.75) is 25.9 Å². The fourth-order valence-electron chi connectivity index (χ4n) is 4.44. The lowest BCUT2D eigenvalue weighted by atomic mass is 10.0. The van der Waals surface area contributed by atoms with Gasteiger partial charge in [-0.15, -0.1) is 0 Å². The van der Waals surface area contributed by atoms with Gasteiger partial charge in [-0.2, -0.15) is 9.78 Å². The highest BCUT2D eigenvalue weighted by Gasteiger charge is 2.30. The lowest BCUT2D eigenvalue weighted by Gasteiger charge is -2.16. The Hall–Kier alpha value is -3.97. The molecule has 0 saturated carbocycles. The van der Waals surface area contributed by atoms with Gasteiger partial charge in [0.2, 0.25) is 6.79 Å². The minimum absolute atomic E-state index is 0.188. The summed E-state index contributed by atoms with van der Waals surface area (Å²) in [5.41, 5.74) is 4.63. The van der Waals surface area contributed by atoms with E-state index in [1.54, 1.807) is 18.3 Å². The number of rotatable bonds is 3. The molecule has 176 valence electrons. The van der Waals surface area contributed by atoms with Crippen molar-refractivity contribution in [3.63, 3.8) is 0 Å². The van der Waals surface area contributed by atoms with Gasteiger partial charge in [0.1, 0.15) is 17.0 Å². The number of fused-ring (bicyclic) bond motifs is 2. The fraction of sp³-hybridized carbons (Fsp3) is 0.185. The van der Waals surface area contributed by atoms with E-state index in [4.69, 9.17) is 25.8 Å². The van der Waals surface area contributed by atoms with Crippen molar-refractivity contribution in [2.24, 2.45) is 0 Å². The van der Waals surface area contributed by atoms with Crippen LogP contribution >= 0.6 is 11.6 Å². The Balaban J connectivity index is 1.35. The molecular formula is C27H22ClN3O4. The quantitative estimate of drug-likeness (QED) is 0.362. The van der Waals surface area contributed by atoms with Crippen molar-refractivity contribution in [1.82, 2.24) is 9.78 Å². The number of carbonyl (C=O) groups excluding carboxylic acids is 1. The van der Waals surface area contributed by atoms with Crippen LogP contribution in [0.15, 0.2) is 66.9 Å². The summed E-state index contributed by atoms with van der Waals surface area (Å²) >= 11 is 6.09. The number of halogens is 1. The molecule has 0 saturated heterocycles. The van der Waals surface area contributed by atoms with Crippen LogP contribution in [0.2, 0.25) is 5.02 Å². The zero-order valence-corrected chi connectivity index (χ0v) is 19.9. The van der Waals surface area contributed by atoms with Gasteiger partial charge in [0.25, 0.3) is 0 Å². The first-order valence-corrected chi connectivity index (χ1v) is 11.6. The maximum Gasteiger partial charge on any atom is 0.346 e. The van der Waals surface area contributed by atoms with Crippen LogP contribution in [0.25, 0.3) is 22.4 Å². The normalized spacial score (nSPS) is 14.9. The number of benzene rings is 3. The standard InChI is InChI=1S/C27H22ClN3O4/c1-27(2)13-18-11-20(8-10-22(18)35-27)29-26(32)31-14-21(17-5-9-23-24(12-17)34-15-33-23)25(30-31)16-3-6-19(28)7-4-16/h3-12,14H,13,15H2,1-2H3,(H,29,32). The van der Waals surface area contributed by atoms with E-state index in [1.165, 1.54) is 4.68 Å². The lowest BCUT2D eigenvalue weighted by Crippen LogP contribution is -2.24. The van der Waals surface area contributed by atoms with Crippen molar-refractivity contribution in [2.75, 3.05) is 12.1 Å². The van der Waals surface area contributed by atoms with Gasteiger partial charge in [-0.25, -0.2) is 4.79 Å². The van der Waals surface area contributed by atoms with Crippen LogP contribution in [0.3, 0.4) is 0 Å². The molecule has 3 heterocycles. The number of nitrogens with one attached hydrogen (secondary N) is 1. The van der Waals surface area contributed by atoms with Crippen LogP contribution in [0.4, 0.5) is 10.5 Å². The van der Waals surface area contributed by atoms with Crippen LogP contribution in [-0.4, -0.2) is 28.2 Å². The van der Waals surface area contributed by atoms with E-state index >= 15 is 0 Å². The predicted octanol–water partition coefficient (Wildman–Crippen LogP) is 6.39. The Kier molecular flexibility index (Phi) is 4.96. The molecule has 3 aromatic carbocycles. The van der Waals surface area contributed by atoms with Crippen LogP contribution in [-0.2, 0) is 6.42 Å². The zero-order valence-electron chi connectivity index (χ0n) is 19.2. The van der Waals surface area contributed by atoms with Crippen molar-refractivity contribution < 1.29 is 19.0 Å². The molecule has 2 aliphatic heterocycles. The second kappa shape index (κ2) is 8.06. The second-order valence-electron chi connectivity index (χ2n) is 9.20. The zero-order chi connectivity index (χ0) is 24.2. The van der Waals surface area contributed by atoms with Crippen molar-refractivity contribution in [3.05, 3.63) is 77.4 Å². The fourth-order valence-corrected chi connectivity index (χ4v) is 4.57. The second-order valence-corrected chi connectivity index (χ2v) is 9.64. The summed E-state index contributed by atoms with van der Waals surface area (Å²) in [5.74, 6) is 2.20. The van der Waals surface area contributed by atoms with Crippen LogP contribution in [0.1, 0.15) is 19.4 Å². The Morgan fingerprint density at radius 3 is 2.54 bits per heavy atom. The molecule has 0 unspecified atom stereocenters. The third-order valence-corrected chi connectivity index (χ3v) is 6.29. The first kappa shape index (κ1) is 21.6. The molecular weight excluding hydrogens is 466 g/mol. The molecule has 0 aliphatic carbocycles. The lowest BCUT2D eigenvalue weighted by molar-refractivity contribution is 0.138. The number of anilines is 1. The van der Waals surface area contributed by atoms with Crippen LogP contribution in [0.5, 0.6) is 17.2 Å². The minimum atomic E-state index is -0.370. The third kappa shape index (κ3) is 4.08. The Morgan fingerprint density at radius 2 is 1.71 bits per heavy atom. The van der Waals surface area contributed by atoms with Crippen molar-refractivity contribution >= 4 is 23.3 Å². The Bertz CT molecular complexity index is 1460. The number of amides is 1. The predicted molar refractivity (Wildman–Crippen MR) is 134 cm³/mol. The molecule has 7 nitrogen and oxygen atoms in total. The van der Waals surface area contributed by atoms with Gasteiger partial charge in [0, 0.05) is 40.0 Å². The summed E-state index contributed by atoms with van der Waals surface area (Å²) in [4.78, 5) is 13.2. The van der Waals surface area contributed by atoms with E-state index in [0.29, 0.717) is 27.9 Å². The van der Waals surface area contributed by atoms with E-state index in [-0.39, 0.29) is 18.4 Å². The Morgan fingerprint density at radius 1 is 0.971 bits per heavy atom. The average molecular weight is 488 g/mol. The molecule has 6 rings (SSSR count). The maximum atomic E-state index is 13.2. The van der Waals surface area contributed by atoms with E-state index in [1.807, 2.05) is 62.4 Å². The van der Waals surface area contributed by atoms with Gasteiger partial charge in [-0.1, -0.05) is 29.8 Å². The summed E-state index contributed by atoms with van der Waals surface area (Å²) < 4.78 is 18.2. The van der Waals surface area contributed by atoms with Crippen molar-refractivity contribution in [3.8, 4) is 39.6 Å². The van der Waals surface area contributed by atoms with E-state index in [0.717, 1.165) is 34.4 Å². The SMILES string of the molecule is CC1(C)Cc2cc(NC(=O)n3cc(-c4ccc5c(c4)OCO5)c(-c4ccc(Cl)cc4)n3)ccc2O1. The summed E-state index contributed by atoms with van der Waals surface area (Å²) in [6, 6.07) is 18.3. The molecule has 0 bridgehead atoms. The molecule has 1 aromatic heterocycles. The average Bonchev–Trinajstić information content (AvgIpc) is 3.54. The van der Waals surface area contributed by atoms with Gasteiger partial charge in [0.15, 0.2) is 11.5 Å². The van der Waals surface area contributed by atoms with Gasteiger partial charge in [-0.05, 0) is 61.9 Å². The minimum Gasteiger partial charge on any atom is -0.487 e. The smallest absolute Gasteiger partial charge is 0.346 e. The molecule has 2 aliphatic rings. The third-order valence-electron chi connectivity index (χ3n) is 6.04. The highest BCUT2D eigenvalue weighted by Crippen LogP contribution is 2.39. The van der Waals surface area contributed by atoms with Gasteiger partial charge < -0.3 is 19.5 Å². The molecule has 0 atom stereocenters. The molecule has 0 radical (unpaired) electrons. The molecule has 8 heteroatoms. The first-order chi connectivity index (χ1) is 16.8. The van der Waals surface area contributed by atoms with Gasteiger partial charge in [-0.3, -0.25) is 0 Å². The summed E-state index contributed by atoms with van der Waals surface area (Å²) in [6.07, 6.45) is 2.50. The number of hydrogen-bond acceptors (Lipinski definition) is 5. The number of aromatic nitrogens is 2. The van der Waals surface area contributed by atoms with Crippen LogP contribution in [0, 0.1) is 0 Å². The number of ether oxygens (including phenoxy) is 3. The largest absolute Gasteiger partial charge is 0.487 e. The highest BCUT2D eigenvalue weighted by molar-refractivity contribution is 6.30. The number of hydrogen-bond donors (Lipinski definition) is 1. The molecule has 35 heavy (non-hydrogen) atoms. The van der Waals surface area contributed by atoms with Gasteiger partial charge in [0.05, 0.1) is 0 Å². The highest BCUT2D eigenvalue weighted by atomic mass is 35.5. The Labute approximate surface area is 207 Å². The van der Waals surface area contributed by atoms with Crippen LogP contribution < -0.4 is 19.5 Å². The van der Waals surface area contributed by atoms with E-state index < -0.39 is 0 Å². The topological polar surface area (TPSA) is 74.6 Å². The first-order valence-electron chi connectivity index (χ1n) is 11.2. The summed E-state index contributed by atoms with van der Waals surface area (Å²) in [5, 5.41) is 8.21. The molecule has 1 amide bonds. The number of nitrogens with zero attached hydrogens (tertiary/aromatic N) is 2. The van der Waals surface area contributed by atoms with E-state index in [2.05, 4.69) is 10.4 Å². The number of carbonyl (C=O) groups is 1. The van der Waals surface area contributed by atoms with E-state index in [9.17, 15) is 4.79 Å². The summed E-state index contributed by atoms with van der Waals surface area (Å²) in [7, 11) is 0. The monoisotopic (exact) mass is 487 g/mol.